The normalized spacial score (nSPS) is 6.10. The van der Waals surface area contributed by atoms with Gasteiger partial charge in [-0.05, 0) is 33.5 Å². The summed E-state index contributed by atoms with van der Waals surface area (Å²) in [4.78, 5) is 29.3. The third-order valence-electron chi connectivity index (χ3n) is 0.860. The molecule has 0 fully saturated rings. The van der Waals surface area contributed by atoms with E-state index < -0.39 is 0 Å². The second-order valence-corrected chi connectivity index (χ2v) is 3.06. The molecule has 0 N–H and O–H groups in total. The van der Waals surface area contributed by atoms with Crippen LogP contribution in [0.1, 0.15) is 56.4 Å². The summed E-state index contributed by atoms with van der Waals surface area (Å²) in [6, 6.07) is 0. The van der Waals surface area contributed by atoms with Gasteiger partial charge in [0, 0.05) is 65.4 Å². The Morgan fingerprint density at radius 1 is 0.900 bits per heavy atom. The maximum atomic E-state index is 10.1. The molecule has 0 aliphatic heterocycles. The van der Waals surface area contributed by atoms with Crippen LogP contribution in [-0.4, -0.2) is 24.0 Å². The van der Waals surface area contributed by atoms with Gasteiger partial charge in [-0.3, -0.25) is 4.79 Å². The first-order valence-corrected chi connectivity index (χ1v) is 4.93. The number of carbonyl (C=O) groups excluding carboxylic acids is 3. The van der Waals surface area contributed by atoms with Crippen molar-refractivity contribution in [1.29, 1.82) is 0 Å². The van der Waals surface area contributed by atoms with Crippen LogP contribution in [0.4, 0.5) is 0 Å². The first-order valence-electron chi connectivity index (χ1n) is 4.93. The molecule has 0 bridgehead atoms. The van der Waals surface area contributed by atoms with E-state index in [0.717, 1.165) is 0 Å². The van der Waals surface area contributed by atoms with Crippen molar-refractivity contribution in [3.63, 3.8) is 0 Å². The molecule has 118 valence electrons. The second-order valence-electron chi connectivity index (χ2n) is 3.06. The molecule has 6 heteroatoms. The van der Waals surface area contributed by atoms with Crippen molar-refractivity contribution in [2.75, 3.05) is 6.61 Å². The van der Waals surface area contributed by atoms with E-state index in [-0.39, 0.29) is 104 Å². The fourth-order valence-corrected chi connectivity index (χ4v) is 0.201. The van der Waals surface area contributed by atoms with E-state index in [1.807, 2.05) is 0 Å². The van der Waals surface area contributed by atoms with Crippen molar-refractivity contribution >= 4 is 17.3 Å². The molecule has 0 unspecified atom stereocenters. The molecule has 0 spiro atoms. The predicted molar refractivity (Wildman–Crippen MR) is 77.1 cm³/mol. The van der Waals surface area contributed by atoms with Crippen LogP contribution in [0, 0.1) is 13.0 Å². The Balaban J connectivity index is -0.0000000238. The SMILES string of the molecule is C.C.CC(C)=O.C[CH-]C(C)=O.C[CH-]OCC(C)=O.[Y].[Y]. The van der Waals surface area contributed by atoms with Crippen molar-refractivity contribution in [2.24, 2.45) is 0 Å². The molecule has 0 saturated carbocycles. The van der Waals surface area contributed by atoms with Crippen LogP contribution in [0.3, 0.4) is 0 Å². The third-order valence-corrected chi connectivity index (χ3v) is 0.860. The van der Waals surface area contributed by atoms with Gasteiger partial charge in [-0.25, -0.2) is 6.61 Å². The van der Waals surface area contributed by atoms with Crippen molar-refractivity contribution < 1.29 is 84.5 Å². The average molecular weight is 440 g/mol. The van der Waals surface area contributed by atoms with Gasteiger partial charge in [0.15, 0.2) is 5.78 Å². The van der Waals surface area contributed by atoms with Crippen LogP contribution in [0.2, 0.25) is 0 Å². The summed E-state index contributed by atoms with van der Waals surface area (Å²) in [6.07, 6.45) is 1.53. The molecule has 0 saturated heterocycles. The Labute approximate surface area is 176 Å². The number of hydrogen-bond donors (Lipinski definition) is 0. The molecular weight excluding hydrogens is 410 g/mol. The maximum Gasteiger partial charge on any atom is 0.152 e. The van der Waals surface area contributed by atoms with Gasteiger partial charge in [0.05, 0.1) is 6.61 Å². The van der Waals surface area contributed by atoms with Gasteiger partial charge >= 0.3 is 0 Å². The summed E-state index contributed by atoms with van der Waals surface area (Å²) in [7, 11) is 0. The van der Waals surface area contributed by atoms with Gasteiger partial charge in [-0.15, -0.1) is 0 Å². The van der Waals surface area contributed by atoms with Crippen molar-refractivity contribution in [3.05, 3.63) is 13.0 Å². The molecule has 0 aliphatic rings. The fraction of sp³-hybridized carbons (Fsp3) is 0.643. The van der Waals surface area contributed by atoms with E-state index >= 15 is 0 Å². The Morgan fingerprint density at radius 3 is 1.20 bits per heavy atom. The number of ketones is 3. The number of rotatable bonds is 4. The molecule has 0 aliphatic carbocycles. The summed E-state index contributed by atoms with van der Waals surface area (Å²) < 4.78 is 4.62. The van der Waals surface area contributed by atoms with Gasteiger partial charge < -0.3 is 20.7 Å². The van der Waals surface area contributed by atoms with E-state index in [1.54, 1.807) is 13.8 Å². The van der Waals surface area contributed by atoms with Crippen molar-refractivity contribution in [2.45, 2.75) is 56.4 Å². The van der Waals surface area contributed by atoms with Crippen molar-refractivity contribution in [1.82, 2.24) is 0 Å². The minimum Gasteiger partial charge on any atom is -0.547 e. The zero-order valence-electron chi connectivity index (χ0n) is 12.1. The third kappa shape index (κ3) is 125. The van der Waals surface area contributed by atoms with Crippen LogP contribution < -0.4 is 0 Å². The quantitative estimate of drug-likeness (QED) is 0.629. The molecule has 0 heterocycles. The molecule has 2 radical (unpaired) electrons. The summed E-state index contributed by atoms with van der Waals surface area (Å²) in [5.41, 5.74) is 0. The van der Waals surface area contributed by atoms with Gasteiger partial charge in [0.2, 0.25) is 0 Å². The molecule has 4 nitrogen and oxygen atoms in total. The Bertz CT molecular complexity index is 203. The maximum absolute atomic E-state index is 10.1. The first kappa shape index (κ1) is 42.9. The predicted octanol–water partition coefficient (Wildman–Crippen LogP) is 3.44. The molecular formula is C14H30O4Y2-2. The topological polar surface area (TPSA) is 60.4 Å². The van der Waals surface area contributed by atoms with Gasteiger partial charge in [-0.2, -0.15) is 13.8 Å². The number of ether oxygens (including phenoxy) is 1. The number of hydrogen-bond acceptors (Lipinski definition) is 4. The summed E-state index contributed by atoms with van der Waals surface area (Å²) in [5, 5.41) is 0. The van der Waals surface area contributed by atoms with Crippen LogP contribution in [0.5, 0.6) is 0 Å². The largest absolute Gasteiger partial charge is 0.547 e. The summed E-state index contributed by atoms with van der Waals surface area (Å²) in [5.74, 6) is 0.350. The standard InChI is InChI=1S/C5H9O2.C4H7O.C3H6O.2CH4.2Y/c1-3-7-4-5(2)6;1-3-4(2)5;1-3(2)4;;;;/h3H,4H2,1-2H3;3H,1-2H3;1-2H3;2*1H4;;/q2*-1;;;;;. The molecule has 0 rings (SSSR count). The van der Waals surface area contributed by atoms with Crippen LogP contribution in [0.25, 0.3) is 0 Å². The zero-order chi connectivity index (χ0) is 13.6. The van der Waals surface area contributed by atoms with Crippen LogP contribution >= 0.6 is 0 Å². The zero-order valence-corrected chi connectivity index (χ0v) is 17.8. The first-order chi connectivity index (χ1) is 7.27. The monoisotopic (exact) mass is 440 g/mol. The Kier molecular flexibility index (Phi) is 79.0. The molecule has 0 atom stereocenters. The van der Waals surface area contributed by atoms with Crippen molar-refractivity contribution in [3.8, 4) is 0 Å². The Hall–Kier alpha value is 1.05. The van der Waals surface area contributed by atoms with Gasteiger partial charge in [0.1, 0.15) is 5.78 Å². The summed E-state index contributed by atoms with van der Waals surface area (Å²) >= 11 is 0. The van der Waals surface area contributed by atoms with E-state index in [2.05, 4.69) is 4.74 Å². The number of Topliss-reactive ketones (excluding diaryl/α,β-unsaturated/α-hetero) is 3. The minimum atomic E-state index is 0. The summed E-state index contributed by atoms with van der Waals surface area (Å²) in [6.45, 7) is 11.2. The fourth-order valence-electron chi connectivity index (χ4n) is 0.201. The smallest absolute Gasteiger partial charge is 0.152 e. The molecule has 0 aromatic rings. The minimum absolute atomic E-state index is 0. The van der Waals surface area contributed by atoms with E-state index in [1.165, 1.54) is 40.7 Å². The number of carbonyl (C=O) groups is 3. The van der Waals surface area contributed by atoms with Crippen LogP contribution in [0.15, 0.2) is 0 Å². The second kappa shape index (κ2) is 36.9. The van der Waals surface area contributed by atoms with E-state index in [0.29, 0.717) is 0 Å². The van der Waals surface area contributed by atoms with Crippen LogP contribution in [-0.2, 0) is 84.5 Å². The average Bonchev–Trinajstić information content (AvgIpc) is 2.14. The molecule has 0 aromatic heterocycles. The van der Waals surface area contributed by atoms with Gasteiger partial charge in [-0.1, -0.05) is 14.9 Å². The molecule has 0 amide bonds. The molecule has 20 heavy (non-hydrogen) atoms. The van der Waals surface area contributed by atoms with Gasteiger partial charge in [0.25, 0.3) is 0 Å². The molecule has 0 aromatic carbocycles. The Morgan fingerprint density at radius 2 is 1.15 bits per heavy atom. The van der Waals surface area contributed by atoms with E-state index in [9.17, 15) is 14.4 Å². The van der Waals surface area contributed by atoms with E-state index in [4.69, 9.17) is 0 Å².